The zero-order valence-electron chi connectivity index (χ0n) is 9.43. The first-order valence-corrected chi connectivity index (χ1v) is 5.13. The van der Waals surface area contributed by atoms with Crippen LogP contribution in [0, 0.1) is 0 Å². The molecule has 0 saturated carbocycles. The summed E-state index contributed by atoms with van der Waals surface area (Å²) in [5.41, 5.74) is 7.09. The van der Waals surface area contributed by atoms with Crippen LogP contribution in [0.25, 0.3) is 11.0 Å². The van der Waals surface area contributed by atoms with Gasteiger partial charge < -0.3 is 10.5 Å². The van der Waals surface area contributed by atoms with Gasteiger partial charge in [0.2, 0.25) is 0 Å². The van der Waals surface area contributed by atoms with Crippen LogP contribution >= 0.6 is 0 Å². The number of hydrogen-bond donors (Lipinski definition) is 1. The molecule has 86 valence electrons. The van der Waals surface area contributed by atoms with Crippen LogP contribution in [0.4, 0.5) is 0 Å². The van der Waals surface area contributed by atoms with E-state index in [1.807, 2.05) is 18.2 Å². The summed E-state index contributed by atoms with van der Waals surface area (Å²) in [5, 5.41) is 0. The van der Waals surface area contributed by atoms with Gasteiger partial charge in [-0.15, -0.1) is 0 Å². The fourth-order valence-electron chi connectivity index (χ4n) is 1.75. The zero-order chi connectivity index (χ0) is 11.7. The highest BCUT2D eigenvalue weighted by molar-refractivity contribution is 5.77. The second-order valence-corrected chi connectivity index (χ2v) is 3.69. The molecule has 1 aromatic heterocycles. The molecule has 0 aliphatic heterocycles. The normalized spacial score (nSPS) is 10.9. The van der Waals surface area contributed by atoms with Gasteiger partial charge in [0.15, 0.2) is 0 Å². The Kier molecular flexibility index (Phi) is 2.70. The highest BCUT2D eigenvalue weighted by atomic mass is 16.5. The van der Waals surface area contributed by atoms with Crippen molar-refractivity contribution in [2.45, 2.75) is 0 Å². The maximum Gasteiger partial charge on any atom is 0.328 e. The maximum atomic E-state index is 11.7. The maximum absolute atomic E-state index is 11.7. The van der Waals surface area contributed by atoms with Gasteiger partial charge in [-0.1, -0.05) is 0 Å². The number of aryl methyl sites for hydroxylation is 2. The molecule has 0 amide bonds. The Morgan fingerprint density at radius 3 is 2.62 bits per heavy atom. The van der Waals surface area contributed by atoms with E-state index in [4.69, 9.17) is 10.5 Å². The van der Waals surface area contributed by atoms with Crippen molar-refractivity contribution in [3.8, 4) is 5.75 Å². The standard InChI is InChI=1S/C11H15N3O2/c1-13-9-4-3-8(16-6-5-12)7-10(9)14(2)11(13)15/h3-4,7H,5-6,12H2,1-2H3. The van der Waals surface area contributed by atoms with E-state index in [1.165, 1.54) is 0 Å². The number of nitrogens with two attached hydrogens (primary N) is 1. The summed E-state index contributed by atoms with van der Waals surface area (Å²) in [6.07, 6.45) is 0. The number of ether oxygens (including phenoxy) is 1. The summed E-state index contributed by atoms with van der Waals surface area (Å²) >= 11 is 0. The molecule has 0 unspecified atom stereocenters. The fourth-order valence-corrected chi connectivity index (χ4v) is 1.75. The average molecular weight is 221 g/mol. The Labute approximate surface area is 93.0 Å². The molecule has 0 spiro atoms. The smallest absolute Gasteiger partial charge is 0.328 e. The van der Waals surface area contributed by atoms with Gasteiger partial charge in [0.1, 0.15) is 12.4 Å². The molecule has 5 nitrogen and oxygen atoms in total. The molecule has 1 heterocycles. The predicted molar refractivity (Wildman–Crippen MR) is 62.7 cm³/mol. The minimum Gasteiger partial charge on any atom is -0.492 e. The summed E-state index contributed by atoms with van der Waals surface area (Å²) < 4.78 is 8.63. The number of fused-ring (bicyclic) bond motifs is 1. The van der Waals surface area contributed by atoms with Crippen molar-refractivity contribution < 1.29 is 4.74 Å². The summed E-state index contributed by atoms with van der Waals surface area (Å²) in [6, 6.07) is 5.58. The minimum absolute atomic E-state index is 0.0361. The first kappa shape index (κ1) is 10.8. The molecule has 5 heteroatoms. The Morgan fingerprint density at radius 1 is 1.25 bits per heavy atom. The molecule has 0 aliphatic rings. The SMILES string of the molecule is Cn1c(=O)n(C)c2cc(OCCN)ccc21. The van der Waals surface area contributed by atoms with Crippen LogP contribution in [0.5, 0.6) is 5.75 Å². The van der Waals surface area contributed by atoms with Gasteiger partial charge in [0, 0.05) is 26.7 Å². The molecule has 16 heavy (non-hydrogen) atoms. The van der Waals surface area contributed by atoms with Gasteiger partial charge in [-0.2, -0.15) is 0 Å². The monoisotopic (exact) mass is 221 g/mol. The van der Waals surface area contributed by atoms with E-state index < -0.39 is 0 Å². The zero-order valence-corrected chi connectivity index (χ0v) is 9.43. The van der Waals surface area contributed by atoms with E-state index in [2.05, 4.69) is 0 Å². The third kappa shape index (κ3) is 1.59. The molecule has 2 rings (SSSR count). The van der Waals surface area contributed by atoms with E-state index >= 15 is 0 Å². The van der Waals surface area contributed by atoms with Gasteiger partial charge in [-0.25, -0.2) is 4.79 Å². The predicted octanol–water partition coefficient (Wildman–Crippen LogP) is 0.215. The number of hydrogen-bond acceptors (Lipinski definition) is 3. The van der Waals surface area contributed by atoms with Gasteiger partial charge in [0.25, 0.3) is 0 Å². The Morgan fingerprint density at radius 2 is 1.94 bits per heavy atom. The van der Waals surface area contributed by atoms with Crippen molar-refractivity contribution in [2.24, 2.45) is 19.8 Å². The van der Waals surface area contributed by atoms with Crippen LogP contribution in [0.1, 0.15) is 0 Å². The molecule has 0 bridgehead atoms. The van der Waals surface area contributed by atoms with Crippen LogP contribution in [-0.4, -0.2) is 22.3 Å². The number of rotatable bonds is 3. The fraction of sp³-hybridized carbons (Fsp3) is 0.364. The number of benzene rings is 1. The van der Waals surface area contributed by atoms with Gasteiger partial charge in [0.05, 0.1) is 11.0 Å². The lowest BCUT2D eigenvalue weighted by Gasteiger charge is -2.04. The summed E-state index contributed by atoms with van der Waals surface area (Å²) in [5.74, 6) is 0.735. The minimum atomic E-state index is -0.0361. The molecule has 0 fully saturated rings. The Bertz CT molecular complexity index is 568. The number of nitrogens with zero attached hydrogens (tertiary/aromatic N) is 2. The molecule has 1 aromatic carbocycles. The first-order chi connectivity index (χ1) is 7.65. The molecule has 0 saturated heterocycles. The lowest BCUT2D eigenvalue weighted by atomic mass is 10.3. The first-order valence-electron chi connectivity index (χ1n) is 5.13. The molecule has 2 aromatic rings. The lowest BCUT2D eigenvalue weighted by Crippen LogP contribution is -2.19. The molecule has 2 N–H and O–H groups in total. The lowest BCUT2D eigenvalue weighted by molar-refractivity contribution is 0.328. The van der Waals surface area contributed by atoms with Crippen molar-refractivity contribution >= 4 is 11.0 Å². The van der Waals surface area contributed by atoms with E-state index in [1.54, 1.807) is 23.2 Å². The molecule has 0 aliphatic carbocycles. The highest BCUT2D eigenvalue weighted by Crippen LogP contribution is 2.19. The number of imidazole rings is 1. The third-order valence-corrected chi connectivity index (χ3v) is 2.63. The van der Waals surface area contributed by atoms with Gasteiger partial charge in [-0.05, 0) is 12.1 Å². The van der Waals surface area contributed by atoms with Gasteiger partial charge in [-0.3, -0.25) is 9.13 Å². The third-order valence-electron chi connectivity index (χ3n) is 2.63. The summed E-state index contributed by atoms with van der Waals surface area (Å²) in [7, 11) is 3.50. The summed E-state index contributed by atoms with van der Waals surface area (Å²) in [6.45, 7) is 0.956. The Balaban J connectivity index is 2.54. The van der Waals surface area contributed by atoms with Gasteiger partial charge >= 0.3 is 5.69 Å². The van der Waals surface area contributed by atoms with Crippen molar-refractivity contribution in [3.05, 3.63) is 28.7 Å². The second kappa shape index (κ2) is 4.02. The molecule has 0 atom stereocenters. The number of aromatic nitrogens is 2. The van der Waals surface area contributed by atoms with Crippen LogP contribution in [0.3, 0.4) is 0 Å². The van der Waals surface area contributed by atoms with E-state index in [-0.39, 0.29) is 5.69 Å². The van der Waals surface area contributed by atoms with Crippen molar-refractivity contribution in [1.82, 2.24) is 9.13 Å². The van der Waals surface area contributed by atoms with Crippen LogP contribution in [-0.2, 0) is 14.1 Å². The largest absolute Gasteiger partial charge is 0.492 e. The average Bonchev–Trinajstić information content (AvgIpc) is 2.52. The summed E-state index contributed by atoms with van der Waals surface area (Å²) in [4.78, 5) is 11.7. The van der Waals surface area contributed by atoms with Crippen molar-refractivity contribution in [2.75, 3.05) is 13.2 Å². The molecule has 0 radical (unpaired) electrons. The van der Waals surface area contributed by atoms with Crippen molar-refractivity contribution in [1.29, 1.82) is 0 Å². The van der Waals surface area contributed by atoms with Crippen molar-refractivity contribution in [3.63, 3.8) is 0 Å². The van der Waals surface area contributed by atoms with Crippen LogP contribution in [0.2, 0.25) is 0 Å². The highest BCUT2D eigenvalue weighted by Gasteiger charge is 2.08. The van der Waals surface area contributed by atoms with E-state index in [0.29, 0.717) is 13.2 Å². The topological polar surface area (TPSA) is 62.2 Å². The molecular formula is C11H15N3O2. The quantitative estimate of drug-likeness (QED) is 0.806. The Hall–Kier alpha value is -1.75. The van der Waals surface area contributed by atoms with Crippen LogP contribution in [0.15, 0.2) is 23.0 Å². The van der Waals surface area contributed by atoms with Crippen LogP contribution < -0.4 is 16.2 Å². The van der Waals surface area contributed by atoms with E-state index in [0.717, 1.165) is 16.8 Å². The molecular weight excluding hydrogens is 206 g/mol. The second-order valence-electron chi connectivity index (χ2n) is 3.69. The van der Waals surface area contributed by atoms with E-state index in [9.17, 15) is 4.79 Å².